The highest BCUT2D eigenvalue weighted by molar-refractivity contribution is 5.95. The van der Waals surface area contributed by atoms with Crippen LogP contribution in [0.2, 0.25) is 0 Å². The Hall–Kier alpha value is -1.06. The summed E-state index contributed by atoms with van der Waals surface area (Å²) >= 11 is 0. The Kier molecular flexibility index (Phi) is 7.37. The molecule has 0 saturated carbocycles. The van der Waals surface area contributed by atoms with Crippen molar-refractivity contribution in [2.24, 2.45) is 0 Å². The quantitative estimate of drug-likeness (QED) is 0.379. The van der Waals surface area contributed by atoms with E-state index in [0.717, 1.165) is 24.2 Å². The average Bonchev–Trinajstić information content (AvgIpc) is 2.38. The topological polar surface area (TPSA) is 56.2 Å². The van der Waals surface area contributed by atoms with Gasteiger partial charge in [0.1, 0.15) is 0 Å². The lowest BCUT2D eigenvalue weighted by Gasteiger charge is -2.19. The molecule has 1 amide bonds. The second-order valence-corrected chi connectivity index (χ2v) is 4.57. The monoisotopic (exact) mass is 258 g/mol. The fourth-order valence-electron chi connectivity index (χ4n) is 1.66. The molecule has 0 aliphatic rings. The van der Waals surface area contributed by atoms with Crippen molar-refractivity contribution in [3.8, 4) is 0 Å². The largest absolute Gasteiger partial charge is 0.346 e. The summed E-state index contributed by atoms with van der Waals surface area (Å²) < 4.78 is 22.1. The van der Waals surface area contributed by atoms with Gasteiger partial charge in [-0.2, -0.15) is 0 Å². The number of nitrogens with zero attached hydrogens (tertiary/aromatic N) is 1. The summed E-state index contributed by atoms with van der Waals surface area (Å²) in [5.74, 6) is -0.603. The van der Waals surface area contributed by atoms with Crippen LogP contribution in [0.25, 0.3) is 0 Å². The summed E-state index contributed by atoms with van der Waals surface area (Å²) in [6.07, 6.45) is 7.46. The SMILES string of the molecule is [2H]C([2H])([2H])N(CCC)C(=N)NC(=O)CCCCCCCC. The van der Waals surface area contributed by atoms with Crippen molar-refractivity contribution in [1.82, 2.24) is 10.2 Å². The van der Waals surface area contributed by atoms with Crippen molar-refractivity contribution in [2.45, 2.75) is 65.2 Å². The lowest BCUT2D eigenvalue weighted by atomic mass is 10.1. The van der Waals surface area contributed by atoms with Crippen LogP contribution in [-0.4, -0.2) is 30.3 Å². The van der Waals surface area contributed by atoms with Gasteiger partial charge in [0.15, 0.2) is 5.96 Å². The van der Waals surface area contributed by atoms with Gasteiger partial charge in [-0.3, -0.25) is 15.5 Å². The number of amides is 1. The molecule has 18 heavy (non-hydrogen) atoms. The van der Waals surface area contributed by atoms with E-state index in [1.807, 2.05) is 6.92 Å². The van der Waals surface area contributed by atoms with E-state index in [4.69, 9.17) is 9.52 Å². The van der Waals surface area contributed by atoms with Crippen LogP contribution >= 0.6 is 0 Å². The molecular formula is C14H29N3O. The van der Waals surface area contributed by atoms with Crippen molar-refractivity contribution < 1.29 is 8.91 Å². The molecule has 0 atom stereocenters. The molecule has 0 aliphatic carbocycles. The first kappa shape index (κ1) is 12.0. The molecule has 0 fully saturated rings. The molecule has 4 nitrogen and oxygen atoms in total. The number of carbonyl (C=O) groups excluding carboxylic acids is 1. The third-order valence-electron chi connectivity index (χ3n) is 2.73. The van der Waals surface area contributed by atoms with Crippen molar-refractivity contribution in [3.05, 3.63) is 0 Å². The zero-order chi connectivity index (χ0) is 16.3. The summed E-state index contributed by atoms with van der Waals surface area (Å²) in [5, 5.41) is 10.1. The van der Waals surface area contributed by atoms with Gasteiger partial charge in [-0.05, 0) is 12.8 Å². The maximum Gasteiger partial charge on any atom is 0.226 e. The van der Waals surface area contributed by atoms with Crippen LogP contribution in [0.4, 0.5) is 0 Å². The molecule has 0 aromatic heterocycles. The highest BCUT2D eigenvalue weighted by Gasteiger charge is 2.07. The first-order valence-corrected chi connectivity index (χ1v) is 6.99. The van der Waals surface area contributed by atoms with Gasteiger partial charge in [0.25, 0.3) is 0 Å². The Labute approximate surface area is 116 Å². The first-order valence-electron chi connectivity index (χ1n) is 8.49. The number of nitrogens with one attached hydrogen (secondary N) is 2. The van der Waals surface area contributed by atoms with E-state index < -0.39 is 6.98 Å². The van der Waals surface area contributed by atoms with E-state index in [9.17, 15) is 4.79 Å². The van der Waals surface area contributed by atoms with E-state index in [1.165, 1.54) is 19.3 Å². The van der Waals surface area contributed by atoms with Gasteiger partial charge in [-0.25, -0.2) is 0 Å². The lowest BCUT2D eigenvalue weighted by molar-refractivity contribution is -0.120. The molecule has 4 heteroatoms. The normalized spacial score (nSPS) is 13.3. The smallest absolute Gasteiger partial charge is 0.226 e. The third-order valence-corrected chi connectivity index (χ3v) is 2.73. The third kappa shape index (κ3) is 9.02. The van der Waals surface area contributed by atoms with Gasteiger partial charge in [-0.1, -0.05) is 46.0 Å². The van der Waals surface area contributed by atoms with Crippen molar-refractivity contribution >= 4 is 11.9 Å². The van der Waals surface area contributed by atoms with E-state index in [1.54, 1.807) is 0 Å². The van der Waals surface area contributed by atoms with Gasteiger partial charge < -0.3 is 4.90 Å². The van der Waals surface area contributed by atoms with Gasteiger partial charge >= 0.3 is 0 Å². The van der Waals surface area contributed by atoms with Crippen LogP contribution in [0.1, 0.15) is 69.3 Å². The zero-order valence-corrected chi connectivity index (χ0v) is 11.7. The average molecular weight is 258 g/mol. The summed E-state index contributed by atoms with van der Waals surface area (Å²) in [6.45, 7) is 1.84. The Bertz CT molecular complexity index is 319. The number of rotatable bonds is 9. The van der Waals surface area contributed by atoms with Crippen molar-refractivity contribution in [1.29, 1.82) is 5.41 Å². The molecular weight excluding hydrogens is 226 g/mol. The Morgan fingerprint density at radius 2 is 1.83 bits per heavy atom. The van der Waals surface area contributed by atoms with E-state index >= 15 is 0 Å². The van der Waals surface area contributed by atoms with Crippen molar-refractivity contribution in [2.75, 3.05) is 13.5 Å². The predicted molar refractivity (Wildman–Crippen MR) is 76.8 cm³/mol. The minimum atomic E-state index is -2.39. The standard InChI is InChI=1S/C14H29N3O/c1-4-6-7-8-9-10-11-13(18)16-14(15)17(3)12-5-2/h4-12H2,1-3H3,(H2,15,16,18)/i3D3. The van der Waals surface area contributed by atoms with E-state index in [2.05, 4.69) is 12.2 Å². The second kappa shape index (κ2) is 11.1. The molecule has 0 radical (unpaired) electrons. The van der Waals surface area contributed by atoms with Crippen LogP contribution in [0.15, 0.2) is 0 Å². The lowest BCUT2D eigenvalue weighted by Crippen LogP contribution is -2.41. The first-order chi connectivity index (χ1) is 9.82. The summed E-state index contributed by atoms with van der Waals surface area (Å²) in [5.41, 5.74) is 0. The highest BCUT2D eigenvalue weighted by atomic mass is 16.1. The van der Waals surface area contributed by atoms with Crippen LogP contribution in [0, 0.1) is 5.41 Å². The molecule has 0 bridgehead atoms. The molecule has 2 N–H and O–H groups in total. The van der Waals surface area contributed by atoms with Crippen molar-refractivity contribution in [3.63, 3.8) is 0 Å². The van der Waals surface area contributed by atoms with E-state index in [0.29, 0.717) is 12.8 Å². The Morgan fingerprint density at radius 1 is 1.17 bits per heavy atom. The van der Waals surface area contributed by atoms with Gasteiger partial charge in [-0.15, -0.1) is 0 Å². The summed E-state index contributed by atoms with van der Waals surface area (Å²) in [7, 11) is 0. The fourth-order valence-corrected chi connectivity index (χ4v) is 1.66. The molecule has 106 valence electrons. The molecule has 0 aliphatic heterocycles. The van der Waals surface area contributed by atoms with Crippen LogP contribution in [0.3, 0.4) is 0 Å². The molecule has 0 heterocycles. The number of hydrogen-bond acceptors (Lipinski definition) is 2. The summed E-state index contributed by atoms with van der Waals surface area (Å²) in [6, 6.07) is 0. The highest BCUT2D eigenvalue weighted by Crippen LogP contribution is 2.06. The predicted octanol–water partition coefficient (Wildman–Crippen LogP) is 3.13. The Morgan fingerprint density at radius 3 is 2.44 bits per heavy atom. The maximum absolute atomic E-state index is 11.7. The number of unbranched alkanes of at least 4 members (excludes halogenated alkanes) is 5. The van der Waals surface area contributed by atoms with Crippen LogP contribution in [-0.2, 0) is 4.79 Å². The van der Waals surface area contributed by atoms with Gasteiger partial charge in [0.05, 0.1) is 0 Å². The van der Waals surface area contributed by atoms with Crippen LogP contribution < -0.4 is 5.32 Å². The summed E-state index contributed by atoms with van der Waals surface area (Å²) in [4.78, 5) is 12.7. The molecule has 0 unspecified atom stereocenters. The fraction of sp³-hybridized carbons (Fsp3) is 0.857. The van der Waals surface area contributed by atoms with Gasteiger partial charge in [0, 0.05) is 24.1 Å². The minimum Gasteiger partial charge on any atom is -0.346 e. The van der Waals surface area contributed by atoms with Crippen LogP contribution in [0.5, 0.6) is 0 Å². The van der Waals surface area contributed by atoms with Gasteiger partial charge in [0.2, 0.25) is 5.91 Å². The number of carbonyl (C=O) groups is 1. The molecule has 0 rings (SSSR count). The Balaban J connectivity index is 4.04. The molecule has 0 saturated heterocycles. The zero-order valence-electron chi connectivity index (χ0n) is 14.7. The number of guanidine groups is 1. The molecule has 0 spiro atoms. The minimum absolute atomic E-state index is 0.229. The number of hydrogen-bond donors (Lipinski definition) is 2. The molecule has 0 aromatic carbocycles. The second-order valence-electron chi connectivity index (χ2n) is 4.57. The maximum atomic E-state index is 11.7. The molecule has 0 aromatic rings. The van der Waals surface area contributed by atoms with E-state index in [-0.39, 0.29) is 18.4 Å².